The van der Waals surface area contributed by atoms with E-state index < -0.39 is 17.1 Å². The fraction of sp³-hybridized carbons (Fsp3) is 0.208. The van der Waals surface area contributed by atoms with Gasteiger partial charge in [-0.15, -0.1) is 0 Å². The number of anilines is 1. The maximum Gasteiger partial charge on any atom is 0.294 e. The molecule has 8 heteroatoms. The van der Waals surface area contributed by atoms with E-state index >= 15 is 0 Å². The van der Waals surface area contributed by atoms with Gasteiger partial charge in [-0.1, -0.05) is 36.4 Å². The molecule has 1 heterocycles. The maximum atomic E-state index is 12.7. The Bertz CT molecular complexity index is 1060. The van der Waals surface area contributed by atoms with E-state index in [1.165, 1.54) is 0 Å². The van der Waals surface area contributed by atoms with Gasteiger partial charge in [0.05, 0.1) is 11.5 Å². The Morgan fingerprint density at radius 2 is 1.88 bits per heavy atom. The van der Waals surface area contributed by atoms with Gasteiger partial charge in [0.1, 0.15) is 13.2 Å². The zero-order chi connectivity index (χ0) is 23.1. The van der Waals surface area contributed by atoms with Crippen molar-refractivity contribution in [1.29, 1.82) is 0 Å². The zero-order valence-corrected chi connectivity index (χ0v) is 18.7. The minimum absolute atomic E-state index is 0.236. The second kappa shape index (κ2) is 10.7. The van der Waals surface area contributed by atoms with Gasteiger partial charge in [0, 0.05) is 5.69 Å². The Morgan fingerprint density at radius 3 is 2.56 bits per heavy atom. The molecule has 0 aliphatic carbocycles. The van der Waals surface area contributed by atoms with Gasteiger partial charge in [-0.05, 0) is 61.5 Å². The number of aryl methyl sites for hydroxylation is 1. The lowest BCUT2D eigenvalue weighted by Gasteiger charge is -2.13. The fourth-order valence-corrected chi connectivity index (χ4v) is 3.76. The number of thioether (sulfide) groups is 1. The molecule has 0 atom stereocenters. The highest BCUT2D eigenvalue weighted by molar-refractivity contribution is 8.18. The molecule has 1 fully saturated rings. The van der Waals surface area contributed by atoms with E-state index in [1.54, 1.807) is 42.5 Å². The van der Waals surface area contributed by atoms with Crippen LogP contribution < -0.4 is 14.8 Å². The van der Waals surface area contributed by atoms with E-state index in [2.05, 4.69) is 11.9 Å². The van der Waals surface area contributed by atoms with Crippen molar-refractivity contribution in [2.24, 2.45) is 0 Å². The average molecular weight is 453 g/mol. The molecule has 7 nitrogen and oxygen atoms in total. The molecular formula is C24H24N2O5S. The van der Waals surface area contributed by atoms with Crippen molar-refractivity contribution in [1.82, 2.24) is 4.90 Å². The van der Waals surface area contributed by atoms with Crippen LogP contribution in [-0.2, 0) is 9.59 Å². The van der Waals surface area contributed by atoms with Crippen LogP contribution in [0, 0.1) is 6.92 Å². The SMILES string of the molecule is C=CCOc1ccc(C=C2SC(=O)N(CC(=O)Nc3ccc(C)cc3)C2=O)cc1OCC. The topological polar surface area (TPSA) is 84.9 Å². The van der Waals surface area contributed by atoms with Crippen molar-refractivity contribution in [3.63, 3.8) is 0 Å². The zero-order valence-electron chi connectivity index (χ0n) is 17.9. The van der Waals surface area contributed by atoms with Gasteiger partial charge in [0.25, 0.3) is 11.1 Å². The number of hydrogen-bond donors (Lipinski definition) is 1. The third kappa shape index (κ3) is 5.79. The second-order valence-corrected chi connectivity index (χ2v) is 7.91. The molecular weight excluding hydrogens is 428 g/mol. The molecule has 0 spiro atoms. The molecule has 2 aromatic rings. The summed E-state index contributed by atoms with van der Waals surface area (Å²) in [7, 11) is 0. The van der Waals surface area contributed by atoms with Crippen molar-refractivity contribution in [2.45, 2.75) is 13.8 Å². The summed E-state index contributed by atoms with van der Waals surface area (Å²) in [5, 5.41) is 2.21. The molecule has 1 aliphatic heterocycles. The highest BCUT2D eigenvalue weighted by atomic mass is 32.2. The van der Waals surface area contributed by atoms with E-state index in [9.17, 15) is 14.4 Å². The lowest BCUT2D eigenvalue weighted by molar-refractivity contribution is -0.127. The van der Waals surface area contributed by atoms with Crippen molar-refractivity contribution in [2.75, 3.05) is 25.1 Å². The van der Waals surface area contributed by atoms with Crippen molar-refractivity contribution in [3.05, 3.63) is 71.2 Å². The second-order valence-electron chi connectivity index (χ2n) is 6.92. The lowest BCUT2D eigenvalue weighted by Crippen LogP contribution is -2.36. The monoisotopic (exact) mass is 452 g/mol. The van der Waals surface area contributed by atoms with Crippen LogP contribution >= 0.6 is 11.8 Å². The first-order valence-corrected chi connectivity index (χ1v) is 10.9. The molecule has 3 amide bonds. The summed E-state index contributed by atoms with van der Waals surface area (Å²) in [6, 6.07) is 12.5. The van der Waals surface area contributed by atoms with Crippen LogP contribution in [0.1, 0.15) is 18.1 Å². The Balaban J connectivity index is 1.71. The van der Waals surface area contributed by atoms with Crippen LogP contribution in [0.4, 0.5) is 10.5 Å². The molecule has 2 aromatic carbocycles. The van der Waals surface area contributed by atoms with Crippen LogP contribution in [-0.4, -0.2) is 41.7 Å². The molecule has 0 radical (unpaired) electrons. The van der Waals surface area contributed by atoms with Gasteiger partial charge in [-0.25, -0.2) is 0 Å². The minimum atomic E-state index is -0.510. The number of carbonyl (C=O) groups is 3. The number of nitrogens with one attached hydrogen (secondary N) is 1. The molecule has 1 N–H and O–H groups in total. The van der Waals surface area contributed by atoms with Gasteiger partial charge in [0.15, 0.2) is 11.5 Å². The summed E-state index contributed by atoms with van der Waals surface area (Å²) < 4.78 is 11.2. The van der Waals surface area contributed by atoms with Crippen LogP contribution in [0.3, 0.4) is 0 Å². The van der Waals surface area contributed by atoms with Gasteiger partial charge < -0.3 is 14.8 Å². The predicted molar refractivity (Wildman–Crippen MR) is 126 cm³/mol. The van der Waals surface area contributed by atoms with Crippen molar-refractivity contribution in [3.8, 4) is 11.5 Å². The van der Waals surface area contributed by atoms with Gasteiger partial charge in [-0.3, -0.25) is 19.3 Å². The van der Waals surface area contributed by atoms with E-state index in [-0.39, 0.29) is 11.4 Å². The number of hydrogen-bond acceptors (Lipinski definition) is 6. The Morgan fingerprint density at radius 1 is 1.12 bits per heavy atom. The maximum absolute atomic E-state index is 12.7. The van der Waals surface area contributed by atoms with Crippen LogP contribution in [0.25, 0.3) is 6.08 Å². The first-order chi connectivity index (χ1) is 15.4. The number of ether oxygens (including phenoxy) is 2. The van der Waals surface area contributed by atoms with E-state index in [0.29, 0.717) is 36.0 Å². The largest absolute Gasteiger partial charge is 0.490 e. The molecule has 1 saturated heterocycles. The summed E-state index contributed by atoms with van der Waals surface area (Å²) >= 11 is 0.797. The summed E-state index contributed by atoms with van der Waals surface area (Å²) in [6.45, 7) is 7.85. The lowest BCUT2D eigenvalue weighted by atomic mass is 10.2. The Hall–Kier alpha value is -3.52. The van der Waals surface area contributed by atoms with Crippen molar-refractivity contribution >= 4 is 40.6 Å². The number of imide groups is 1. The average Bonchev–Trinajstić information content (AvgIpc) is 3.02. The van der Waals surface area contributed by atoms with Crippen LogP contribution in [0.2, 0.25) is 0 Å². The van der Waals surface area contributed by atoms with E-state index in [1.807, 2.05) is 26.0 Å². The molecule has 166 valence electrons. The predicted octanol–water partition coefficient (Wildman–Crippen LogP) is 4.63. The smallest absolute Gasteiger partial charge is 0.294 e. The van der Waals surface area contributed by atoms with Gasteiger partial charge in [0.2, 0.25) is 5.91 Å². The van der Waals surface area contributed by atoms with Crippen LogP contribution in [0.15, 0.2) is 60.0 Å². The molecule has 3 rings (SSSR count). The minimum Gasteiger partial charge on any atom is -0.490 e. The van der Waals surface area contributed by atoms with E-state index in [0.717, 1.165) is 22.2 Å². The third-order valence-corrected chi connectivity index (χ3v) is 5.34. The highest BCUT2D eigenvalue weighted by Gasteiger charge is 2.36. The first-order valence-electron chi connectivity index (χ1n) is 10.0. The van der Waals surface area contributed by atoms with Gasteiger partial charge >= 0.3 is 0 Å². The normalized spacial score (nSPS) is 14.6. The molecule has 0 aromatic heterocycles. The summed E-state index contributed by atoms with van der Waals surface area (Å²) in [5.41, 5.74) is 2.34. The summed E-state index contributed by atoms with van der Waals surface area (Å²) in [6.07, 6.45) is 3.23. The summed E-state index contributed by atoms with van der Waals surface area (Å²) in [5.74, 6) is 0.133. The van der Waals surface area contributed by atoms with Crippen LogP contribution in [0.5, 0.6) is 11.5 Å². The highest BCUT2D eigenvalue weighted by Crippen LogP contribution is 2.34. The molecule has 0 bridgehead atoms. The standard InChI is InChI=1S/C24H24N2O5S/c1-4-12-31-19-11-8-17(13-20(19)30-5-2)14-21-23(28)26(24(29)32-21)15-22(27)25-18-9-6-16(3)7-10-18/h4,6-11,13-14H,1,5,12,15H2,2-3H3,(H,25,27). The van der Waals surface area contributed by atoms with E-state index in [4.69, 9.17) is 9.47 Å². The number of amides is 3. The van der Waals surface area contributed by atoms with Crippen molar-refractivity contribution < 1.29 is 23.9 Å². The molecule has 32 heavy (non-hydrogen) atoms. The molecule has 0 unspecified atom stereocenters. The first kappa shape index (κ1) is 23.1. The quantitative estimate of drug-likeness (QED) is 0.441. The van der Waals surface area contributed by atoms with Gasteiger partial charge in [-0.2, -0.15) is 0 Å². The third-order valence-electron chi connectivity index (χ3n) is 4.43. The number of carbonyl (C=O) groups excluding carboxylic acids is 3. The number of rotatable bonds is 9. The summed E-state index contributed by atoms with van der Waals surface area (Å²) in [4.78, 5) is 38.6. The Labute approximate surface area is 191 Å². The number of benzene rings is 2. The Kier molecular flexibility index (Phi) is 7.72. The molecule has 1 aliphatic rings. The number of nitrogens with zero attached hydrogens (tertiary/aromatic N) is 1. The fourth-order valence-electron chi connectivity index (χ4n) is 2.92. The molecule has 0 saturated carbocycles.